The van der Waals surface area contributed by atoms with E-state index >= 15 is 0 Å². The van der Waals surface area contributed by atoms with Crippen molar-refractivity contribution in [3.63, 3.8) is 0 Å². The molecule has 0 aliphatic heterocycles. The molecule has 3 aromatic rings. The fraction of sp³-hybridized carbons (Fsp3) is 0.176. The monoisotopic (exact) mass is 347 g/mol. The number of fused-ring (bicyclic) bond motifs is 1. The lowest BCUT2D eigenvalue weighted by Gasteiger charge is -2.06. The molecule has 0 atom stereocenters. The van der Waals surface area contributed by atoms with Crippen molar-refractivity contribution in [1.82, 2.24) is 9.97 Å². The number of halogens is 2. The van der Waals surface area contributed by atoms with Gasteiger partial charge in [0.25, 0.3) is 5.91 Å². The van der Waals surface area contributed by atoms with Crippen molar-refractivity contribution in [3.8, 4) is 5.88 Å². The number of ether oxygens (including phenoxy) is 2. The zero-order valence-corrected chi connectivity index (χ0v) is 13.3. The highest BCUT2D eigenvalue weighted by molar-refractivity contribution is 6.08. The summed E-state index contributed by atoms with van der Waals surface area (Å²) in [4.78, 5) is 19.1. The average molecular weight is 347 g/mol. The number of pyridine rings is 1. The van der Waals surface area contributed by atoms with Crippen LogP contribution in [0.4, 0.5) is 14.5 Å². The largest absolute Gasteiger partial charge is 0.475 e. The van der Waals surface area contributed by atoms with E-state index < -0.39 is 17.5 Å². The van der Waals surface area contributed by atoms with Gasteiger partial charge in [0.1, 0.15) is 6.61 Å². The molecule has 0 unspecified atom stereocenters. The molecule has 0 aliphatic carbocycles. The highest BCUT2D eigenvalue weighted by Gasteiger charge is 2.13. The second-order valence-electron chi connectivity index (χ2n) is 5.19. The number of nitrogens with zero attached hydrogens (tertiary/aromatic N) is 1. The summed E-state index contributed by atoms with van der Waals surface area (Å²) in [5.74, 6) is -2.00. The number of carbonyl (C=O) groups excluding carboxylic acids is 1. The summed E-state index contributed by atoms with van der Waals surface area (Å²) in [6.07, 6.45) is 2.84. The predicted molar refractivity (Wildman–Crippen MR) is 87.8 cm³/mol. The van der Waals surface area contributed by atoms with Crippen LogP contribution in [0.15, 0.2) is 36.7 Å². The van der Waals surface area contributed by atoms with Crippen LogP contribution in [-0.4, -0.2) is 36.2 Å². The Morgan fingerprint density at radius 3 is 2.76 bits per heavy atom. The molecule has 130 valence electrons. The van der Waals surface area contributed by atoms with Gasteiger partial charge in [0, 0.05) is 37.0 Å². The summed E-state index contributed by atoms with van der Waals surface area (Å²) in [6, 6.07) is 5.18. The number of carbonyl (C=O) groups is 1. The first-order valence-corrected chi connectivity index (χ1v) is 7.44. The van der Waals surface area contributed by atoms with Crippen LogP contribution in [-0.2, 0) is 4.74 Å². The van der Waals surface area contributed by atoms with Crippen LogP contribution >= 0.6 is 0 Å². The van der Waals surface area contributed by atoms with Gasteiger partial charge in [-0.15, -0.1) is 0 Å². The molecule has 0 radical (unpaired) electrons. The van der Waals surface area contributed by atoms with Gasteiger partial charge >= 0.3 is 0 Å². The number of nitrogens with one attached hydrogen (secondary N) is 2. The van der Waals surface area contributed by atoms with Gasteiger partial charge in [-0.1, -0.05) is 0 Å². The van der Waals surface area contributed by atoms with E-state index in [1.54, 1.807) is 19.2 Å². The number of amides is 1. The van der Waals surface area contributed by atoms with E-state index in [-0.39, 0.29) is 0 Å². The Balaban J connectivity index is 1.73. The Bertz CT molecular complexity index is 894. The van der Waals surface area contributed by atoms with Crippen molar-refractivity contribution in [2.24, 2.45) is 0 Å². The van der Waals surface area contributed by atoms with E-state index in [9.17, 15) is 13.6 Å². The Labute approximate surface area is 141 Å². The molecule has 1 aromatic carbocycles. The van der Waals surface area contributed by atoms with E-state index in [2.05, 4.69) is 15.3 Å². The molecule has 6 nitrogen and oxygen atoms in total. The topological polar surface area (TPSA) is 76.2 Å². The summed E-state index contributed by atoms with van der Waals surface area (Å²) < 4.78 is 36.8. The lowest BCUT2D eigenvalue weighted by atomic mass is 10.2. The van der Waals surface area contributed by atoms with Gasteiger partial charge in [0.15, 0.2) is 11.6 Å². The predicted octanol–water partition coefficient (Wildman–Crippen LogP) is 3.12. The lowest BCUT2D eigenvalue weighted by Crippen LogP contribution is -2.12. The van der Waals surface area contributed by atoms with Gasteiger partial charge in [-0.3, -0.25) is 4.79 Å². The third kappa shape index (κ3) is 3.74. The number of aromatic nitrogens is 2. The standard InChI is InChI=1S/C17H15F2N3O3/c1-24-4-5-25-16-3-2-10(8-21-16)17(23)22-15-9-20-14-7-13(19)12(18)6-11(14)15/h2-3,6-9,20H,4-5H2,1H3,(H,22,23). The van der Waals surface area contributed by atoms with E-state index in [1.807, 2.05) is 0 Å². The lowest BCUT2D eigenvalue weighted by molar-refractivity contribution is 0.102. The summed E-state index contributed by atoms with van der Waals surface area (Å²) >= 11 is 0. The van der Waals surface area contributed by atoms with Crippen LogP contribution in [0.3, 0.4) is 0 Å². The Morgan fingerprint density at radius 1 is 1.24 bits per heavy atom. The second kappa shape index (κ2) is 7.27. The van der Waals surface area contributed by atoms with E-state index in [4.69, 9.17) is 9.47 Å². The van der Waals surface area contributed by atoms with Gasteiger partial charge < -0.3 is 19.8 Å². The minimum absolute atomic E-state index is 0.302. The first-order valence-electron chi connectivity index (χ1n) is 7.44. The van der Waals surface area contributed by atoms with Crippen LogP contribution in [0.1, 0.15) is 10.4 Å². The molecule has 25 heavy (non-hydrogen) atoms. The minimum Gasteiger partial charge on any atom is -0.475 e. The molecule has 2 aromatic heterocycles. The number of anilines is 1. The van der Waals surface area contributed by atoms with Crippen molar-refractivity contribution in [2.45, 2.75) is 0 Å². The molecule has 0 aliphatic rings. The summed E-state index contributed by atoms with van der Waals surface area (Å²) in [5.41, 5.74) is 1.03. The number of H-pyrrole nitrogens is 1. The molecule has 8 heteroatoms. The van der Waals surface area contributed by atoms with Gasteiger partial charge in [-0.25, -0.2) is 13.8 Å². The summed E-state index contributed by atoms with van der Waals surface area (Å²) in [6.45, 7) is 0.786. The van der Waals surface area contributed by atoms with Gasteiger partial charge in [-0.05, 0) is 12.1 Å². The van der Waals surface area contributed by atoms with Crippen LogP contribution in [0, 0.1) is 11.6 Å². The smallest absolute Gasteiger partial charge is 0.257 e. The molecule has 0 spiro atoms. The van der Waals surface area contributed by atoms with Gasteiger partial charge in [-0.2, -0.15) is 0 Å². The number of hydrogen-bond donors (Lipinski definition) is 2. The molecule has 0 bridgehead atoms. The summed E-state index contributed by atoms with van der Waals surface area (Å²) in [5, 5.41) is 3.01. The van der Waals surface area contributed by atoms with Gasteiger partial charge in [0.05, 0.1) is 23.4 Å². The quantitative estimate of drug-likeness (QED) is 0.672. The zero-order chi connectivity index (χ0) is 17.8. The van der Waals surface area contributed by atoms with Crippen molar-refractivity contribution in [3.05, 3.63) is 53.9 Å². The number of aromatic amines is 1. The average Bonchev–Trinajstić information content (AvgIpc) is 2.98. The first-order chi connectivity index (χ1) is 12.1. The number of benzene rings is 1. The second-order valence-corrected chi connectivity index (χ2v) is 5.19. The highest BCUT2D eigenvalue weighted by atomic mass is 19.2. The molecule has 1 amide bonds. The molecule has 0 saturated carbocycles. The maximum Gasteiger partial charge on any atom is 0.257 e. The van der Waals surface area contributed by atoms with E-state index in [0.29, 0.717) is 41.2 Å². The van der Waals surface area contributed by atoms with Crippen LogP contribution in [0.5, 0.6) is 5.88 Å². The Kier molecular flexibility index (Phi) is 4.90. The molecular weight excluding hydrogens is 332 g/mol. The van der Waals surface area contributed by atoms with Crippen molar-refractivity contribution in [2.75, 3.05) is 25.6 Å². The van der Waals surface area contributed by atoms with Crippen LogP contribution in [0.2, 0.25) is 0 Å². The third-order valence-corrected chi connectivity index (χ3v) is 3.51. The number of rotatable bonds is 6. The molecule has 3 rings (SSSR count). The van der Waals surface area contributed by atoms with E-state index in [1.165, 1.54) is 12.4 Å². The molecular formula is C17H15F2N3O3. The minimum atomic E-state index is -0.984. The normalized spacial score (nSPS) is 10.8. The fourth-order valence-corrected chi connectivity index (χ4v) is 2.24. The fourth-order valence-electron chi connectivity index (χ4n) is 2.24. The van der Waals surface area contributed by atoms with Crippen molar-refractivity contribution < 1.29 is 23.0 Å². The van der Waals surface area contributed by atoms with E-state index in [0.717, 1.165) is 12.1 Å². The number of methoxy groups -OCH3 is 1. The third-order valence-electron chi connectivity index (χ3n) is 3.51. The molecule has 2 N–H and O–H groups in total. The van der Waals surface area contributed by atoms with Crippen molar-refractivity contribution in [1.29, 1.82) is 0 Å². The maximum absolute atomic E-state index is 13.4. The molecule has 2 heterocycles. The SMILES string of the molecule is COCCOc1ccc(C(=O)Nc2c[nH]c3cc(F)c(F)cc23)cn1. The van der Waals surface area contributed by atoms with Crippen molar-refractivity contribution >= 4 is 22.5 Å². The Hall–Kier alpha value is -3.00. The molecule has 0 saturated heterocycles. The number of hydrogen-bond acceptors (Lipinski definition) is 4. The van der Waals surface area contributed by atoms with Crippen LogP contribution in [0.25, 0.3) is 10.9 Å². The van der Waals surface area contributed by atoms with Crippen LogP contribution < -0.4 is 10.1 Å². The van der Waals surface area contributed by atoms with Gasteiger partial charge in [0.2, 0.25) is 5.88 Å². The summed E-state index contributed by atoms with van der Waals surface area (Å²) in [7, 11) is 1.56. The first kappa shape index (κ1) is 16.8. The Morgan fingerprint density at radius 2 is 2.04 bits per heavy atom. The highest BCUT2D eigenvalue weighted by Crippen LogP contribution is 2.26. The molecule has 0 fully saturated rings. The maximum atomic E-state index is 13.4. The zero-order valence-electron chi connectivity index (χ0n) is 13.3.